The first-order chi connectivity index (χ1) is 12.6. The van der Waals surface area contributed by atoms with Crippen LogP contribution in [0.1, 0.15) is 43.9 Å². The molecule has 26 heavy (non-hydrogen) atoms. The van der Waals surface area contributed by atoms with Crippen molar-refractivity contribution < 1.29 is 18.6 Å². The van der Waals surface area contributed by atoms with E-state index in [9.17, 15) is 4.39 Å². The van der Waals surface area contributed by atoms with Crippen LogP contribution in [0.2, 0.25) is 0 Å². The maximum atomic E-state index is 12.5. The number of ether oxygens (including phenoxy) is 3. The van der Waals surface area contributed by atoms with Crippen molar-refractivity contribution in [2.24, 2.45) is 11.8 Å². The van der Waals surface area contributed by atoms with Gasteiger partial charge in [0.15, 0.2) is 11.5 Å². The molecule has 3 aliphatic rings. The van der Waals surface area contributed by atoms with Crippen LogP contribution in [-0.2, 0) is 11.2 Å². The SMILES string of the molecule is COc1cc2c(cc1OCC[18F])CCN1CC(CC(C)C)C3(CO3)CC21. The van der Waals surface area contributed by atoms with Gasteiger partial charge in [0.2, 0.25) is 0 Å². The Hall–Kier alpha value is -1.33. The lowest BCUT2D eigenvalue weighted by Gasteiger charge is -2.47. The van der Waals surface area contributed by atoms with Crippen molar-refractivity contribution in [2.75, 3.05) is 40.1 Å². The molecule has 0 aliphatic carbocycles. The second-order valence-corrected chi connectivity index (χ2v) is 8.38. The Morgan fingerprint density at radius 3 is 2.81 bits per heavy atom. The summed E-state index contributed by atoms with van der Waals surface area (Å²) in [7, 11) is 1.65. The molecule has 3 aliphatic heterocycles. The molecule has 0 saturated carbocycles. The van der Waals surface area contributed by atoms with Crippen LogP contribution in [0.15, 0.2) is 12.1 Å². The number of hydrogen-bond donors (Lipinski definition) is 0. The summed E-state index contributed by atoms with van der Waals surface area (Å²) >= 11 is 0. The van der Waals surface area contributed by atoms with E-state index in [1.165, 1.54) is 17.5 Å². The van der Waals surface area contributed by atoms with Gasteiger partial charge in [-0.05, 0) is 48.4 Å². The average molecular weight is 362 g/mol. The fourth-order valence-corrected chi connectivity index (χ4v) is 4.89. The Labute approximate surface area is 155 Å². The number of methoxy groups -OCH3 is 1. The lowest BCUT2D eigenvalue weighted by molar-refractivity contribution is 0.0224. The van der Waals surface area contributed by atoms with Gasteiger partial charge in [-0.1, -0.05) is 13.8 Å². The third-order valence-electron chi connectivity index (χ3n) is 6.24. The average Bonchev–Trinajstić information content (AvgIpc) is 3.40. The maximum Gasteiger partial charge on any atom is 0.161 e. The lowest BCUT2D eigenvalue weighted by atomic mass is 9.74. The van der Waals surface area contributed by atoms with Crippen molar-refractivity contribution in [3.63, 3.8) is 0 Å². The van der Waals surface area contributed by atoms with E-state index in [1.54, 1.807) is 7.11 Å². The number of nitrogens with zero attached hydrogens (tertiary/aromatic N) is 1. The van der Waals surface area contributed by atoms with Crippen LogP contribution in [0.25, 0.3) is 0 Å². The summed E-state index contributed by atoms with van der Waals surface area (Å²) in [6.07, 6.45) is 3.30. The minimum Gasteiger partial charge on any atom is -0.493 e. The van der Waals surface area contributed by atoms with Crippen molar-refractivity contribution in [3.8, 4) is 11.5 Å². The molecular weight excluding hydrogens is 332 g/mol. The predicted octanol–water partition coefficient (Wildman–Crippen LogP) is 3.78. The largest absolute Gasteiger partial charge is 0.493 e. The molecule has 1 aromatic rings. The standard InChI is InChI=1S/C21H30FNO3/c1-14(2)8-16-12-23-6-4-15-9-20(25-7-5-22)19(24-3)10-17(15)18(23)11-21(16)13-26-21/h9-10,14,16,18H,4-8,11-13H2,1-3H3/i22-1. The van der Waals surface area contributed by atoms with Crippen molar-refractivity contribution in [2.45, 2.75) is 44.8 Å². The second kappa shape index (κ2) is 7.01. The zero-order chi connectivity index (χ0) is 18.3. The summed E-state index contributed by atoms with van der Waals surface area (Å²) in [6, 6.07) is 4.55. The van der Waals surface area contributed by atoms with Crippen LogP contribution in [0, 0.1) is 11.8 Å². The molecule has 5 heteroatoms. The van der Waals surface area contributed by atoms with Crippen molar-refractivity contribution in [3.05, 3.63) is 23.3 Å². The number of piperidine rings is 1. The van der Waals surface area contributed by atoms with E-state index in [0.717, 1.165) is 32.5 Å². The van der Waals surface area contributed by atoms with E-state index >= 15 is 0 Å². The van der Waals surface area contributed by atoms with Gasteiger partial charge in [0, 0.05) is 25.0 Å². The van der Waals surface area contributed by atoms with Crippen molar-refractivity contribution >= 4 is 0 Å². The summed E-state index contributed by atoms with van der Waals surface area (Å²) in [5.41, 5.74) is 2.72. The highest BCUT2D eigenvalue weighted by Crippen LogP contribution is 2.53. The Morgan fingerprint density at radius 2 is 2.15 bits per heavy atom. The first-order valence-corrected chi connectivity index (χ1v) is 9.84. The first kappa shape index (κ1) is 18.1. The normalized spacial score (nSPS) is 30.2. The molecule has 2 saturated heterocycles. The highest BCUT2D eigenvalue weighted by atomic mass is 18.2. The van der Waals surface area contributed by atoms with E-state index in [4.69, 9.17) is 14.2 Å². The van der Waals surface area contributed by atoms with Crippen molar-refractivity contribution in [1.29, 1.82) is 0 Å². The van der Waals surface area contributed by atoms with Crippen LogP contribution < -0.4 is 9.47 Å². The molecule has 1 aromatic carbocycles. The number of halogens is 1. The summed E-state index contributed by atoms with van der Waals surface area (Å²) < 4.78 is 29.6. The van der Waals surface area contributed by atoms with Gasteiger partial charge in [0.05, 0.1) is 19.3 Å². The monoisotopic (exact) mass is 362 g/mol. The zero-order valence-corrected chi connectivity index (χ0v) is 16.1. The Bertz CT molecular complexity index is 659. The minimum absolute atomic E-state index is 0.0680. The van der Waals surface area contributed by atoms with Gasteiger partial charge in [-0.2, -0.15) is 0 Å². The molecule has 4 rings (SSSR count). The smallest absolute Gasteiger partial charge is 0.161 e. The van der Waals surface area contributed by atoms with Crippen LogP contribution in [0.3, 0.4) is 0 Å². The van der Waals surface area contributed by atoms with Gasteiger partial charge < -0.3 is 14.2 Å². The molecular formula is C21H30FNO3. The molecule has 3 atom stereocenters. The van der Waals surface area contributed by atoms with Gasteiger partial charge in [-0.15, -0.1) is 0 Å². The van der Waals surface area contributed by atoms with E-state index in [2.05, 4.69) is 30.9 Å². The fourth-order valence-electron chi connectivity index (χ4n) is 4.89. The molecule has 2 fully saturated rings. The van der Waals surface area contributed by atoms with Crippen LogP contribution >= 0.6 is 0 Å². The number of fused-ring (bicyclic) bond motifs is 3. The highest BCUT2D eigenvalue weighted by molar-refractivity contribution is 5.50. The molecule has 4 nitrogen and oxygen atoms in total. The maximum absolute atomic E-state index is 12.5. The number of alkyl halides is 1. The van der Waals surface area contributed by atoms with Gasteiger partial charge >= 0.3 is 0 Å². The molecule has 1 spiro atoms. The number of epoxide rings is 1. The molecule has 0 amide bonds. The van der Waals surface area contributed by atoms with Crippen LogP contribution in [0.4, 0.5) is 4.39 Å². The highest BCUT2D eigenvalue weighted by Gasteiger charge is 2.57. The third kappa shape index (κ3) is 3.20. The third-order valence-corrected chi connectivity index (χ3v) is 6.24. The summed E-state index contributed by atoms with van der Waals surface area (Å²) in [5, 5.41) is 0. The second-order valence-electron chi connectivity index (χ2n) is 8.38. The van der Waals surface area contributed by atoms with Crippen LogP contribution in [0.5, 0.6) is 11.5 Å². The Kier molecular flexibility index (Phi) is 4.86. The van der Waals surface area contributed by atoms with E-state index in [-0.39, 0.29) is 12.2 Å². The summed E-state index contributed by atoms with van der Waals surface area (Å²) in [6.45, 7) is 7.27. The first-order valence-electron chi connectivity index (χ1n) is 9.84. The van der Waals surface area contributed by atoms with E-state index in [1.807, 2.05) is 0 Å². The quantitative estimate of drug-likeness (QED) is 0.722. The van der Waals surface area contributed by atoms with Crippen molar-refractivity contribution in [1.82, 2.24) is 4.90 Å². The van der Waals surface area contributed by atoms with E-state index in [0.29, 0.717) is 29.4 Å². The molecule has 144 valence electrons. The van der Waals surface area contributed by atoms with E-state index < -0.39 is 6.67 Å². The molecule has 0 N–H and O–H groups in total. The molecule has 0 aromatic heterocycles. The molecule has 0 radical (unpaired) electrons. The Balaban J connectivity index is 1.61. The molecule has 3 unspecified atom stereocenters. The number of rotatable bonds is 6. The van der Waals surface area contributed by atoms with Crippen LogP contribution in [-0.4, -0.2) is 50.6 Å². The number of benzene rings is 1. The van der Waals surface area contributed by atoms with Gasteiger partial charge in [-0.25, -0.2) is 4.39 Å². The summed E-state index contributed by atoms with van der Waals surface area (Å²) in [4.78, 5) is 2.63. The van der Waals surface area contributed by atoms with Gasteiger partial charge in [0.1, 0.15) is 13.3 Å². The predicted molar refractivity (Wildman–Crippen MR) is 98.7 cm³/mol. The Morgan fingerprint density at radius 1 is 1.35 bits per heavy atom. The zero-order valence-electron chi connectivity index (χ0n) is 16.1. The lowest BCUT2D eigenvalue weighted by Crippen LogP contribution is -2.50. The molecule has 0 bridgehead atoms. The number of hydrogen-bond acceptors (Lipinski definition) is 4. The topological polar surface area (TPSA) is 34.2 Å². The summed E-state index contributed by atoms with van der Waals surface area (Å²) in [5.74, 6) is 2.69. The fraction of sp³-hybridized carbons (Fsp3) is 0.714. The van der Waals surface area contributed by atoms with Gasteiger partial charge in [-0.3, -0.25) is 4.90 Å². The van der Waals surface area contributed by atoms with Gasteiger partial charge in [0.25, 0.3) is 0 Å². The minimum atomic E-state index is -0.492. The molecule has 3 heterocycles.